The summed E-state index contributed by atoms with van der Waals surface area (Å²) in [5, 5.41) is 28.6. The first-order chi connectivity index (χ1) is 23.6. The van der Waals surface area contributed by atoms with E-state index in [1.165, 1.54) is 43.1 Å². The summed E-state index contributed by atoms with van der Waals surface area (Å²) in [5.41, 5.74) is 7.50. The maximum atomic E-state index is 11.4. The molecule has 6 aromatic rings. The van der Waals surface area contributed by atoms with E-state index < -0.39 is 5.97 Å². The van der Waals surface area contributed by atoms with E-state index in [0.29, 0.717) is 4.88 Å². The topological polar surface area (TPSA) is 95.0 Å². The smallest absolute Gasteiger partial charge is 0.346 e. The molecule has 0 atom stereocenters. The van der Waals surface area contributed by atoms with Crippen molar-refractivity contribution in [1.29, 1.82) is 5.26 Å². The van der Waals surface area contributed by atoms with E-state index in [1.54, 1.807) is 6.07 Å². The van der Waals surface area contributed by atoms with Crippen molar-refractivity contribution in [2.24, 2.45) is 0 Å². The number of hydrogen-bond donors (Lipinski definition) is 1. The number of nitrogens with zero attached hydrogens (tertiary/aromatic N) is 5. The largest absolute Gasteiger partial charge is 0.477 e. The van der Waals surface area contributed by atoms with E-state index >= 15 is 0 Å². The van der Waals surface area contributed by atoms with Gasteiger partial charge in [-0.1, -0.05) is 99.7 Å². The first kappa shape index (κ1) is 32.4. The average molecular weight is 652 g/mol. The Hall–Kier alpha value is -5.52. The number of carbonyl (C=O) groups is 1. The molecule has 0 bridgehead atoms. The minimum absolute atomic E-state index is 0.296. The lowest BCUT2D eigenvalue weighted by Gasteiger charge is -2.25. The molecular formula is C40H37N5O2S. The van der Waals surface area contributed by atoms with Crippen LogP contribution in [-0.2, 0) is 11.3 Å². The standard InChI is InChI=1S/C40H37N5O2S/c1-2-3-4-5-6-13-26-44-42-38-35(23-24-36(39(38)43-44)37-25-22-34(48-37)27-30(28-41)40(46)47)29-18-20-33(21-19-29)45(31-14-9-7-10-15-31)32-16-11-8-12-17-32/h7-12,14-25,27H,2-6,13,26H2,1H3,(H,46,47)/b30-27-. The first-order valence-corrected chi connectivity index (χ1v) is 17.2. The normalized spacial score (nSPS) is 11.5. The highest BCUT2D eigenvalue weighted by molar-refractivity contribution is 7.16. The summed E-state index contributed by atoms with van der Waals surface area (Å²) in [6, 6.07) is 39.0. The van der Waals surface area contributed by atoms with Crippen molar-refractivity contribution in [3.05, 3.63) is 120 Å². The fraction of sp³-hybridized carbons (Fsp3) is 0.200. The molecule has 0 fully saturated rings. The Morgan fingerprint density at radius 2 is 1.35 bits per heavy atom. The average Bonchev–Trinajstić information content (AvgIpc) is 3.77. The molecule has 4 aromatic carbocycles. The molecule has 0 spiro atoms. The van der Waals surface area contributed by atoms with Crippen molar-refractivity contribution < 1.29 is 9.90 Å². The Labute approximate surface area is 285 Å². The lowest BCUT2D eigenvalue weighted by Crippen LogP contribution is -2.09. The van der Waals surface area contributed by atoms with E-state index in [4.69, 9.17) is 10.2 Å². The van der Waals surface area contributed by atoms with Crippen molar-refractivity contribution in [3.8, 4) is 27.6 Å². The first-order valence-electron chi connectivity index (χ1n) is 16.4. The summed E-state index contributed by atoms with van der Waals surface area (Å²) in [6.07, 6.45) is 8.53. The second-order valence-corrected chi connectivity index (χ2v) is 12.8. The van der Waals surface area contributed by atoms with Gasteiger partial charge >= 0.3 is 5.97 Å². The van der Waals surface area contributed by atoms with Crippen LogP contribution in [0.15, 0.2) is 115 Å². The number of para-hydroxylation sites is 2. The SMILES string of the molecule is CCCCCCCCn1nc2c(-c3ccc(N(c4ccccc4)c4ccccc4)cc3)ccc(-c3ccc(/C=C(/C#N)C(=O)O)s3)c2n1. The number of rotatable bonds is 14. The van der Waals surface area contributed by atoms with Gasteiger partial charge in [-0.2, -0.15) is 20.3 Å². The van der Waals surface area contributed by atoms with Gasteiger partial charge in [0.2, 0.25) is 0 Å². The molecular weight excluding hydrogens is 615 g/mol. The second kappa shape index (κ2) is 15.4. The third-order valence-electron chi connectivity index (χ3n) is 8.29. The predicted molar refractivity (Wildman–Crippen MR) is 196 cm³/mol. The van der Waals surface area contributed by atoms with Crippen LogP contribution in [0.4, 0.5) is 17.1 Å². The van der Waals surface area contributed by atoms with E-state index in [1.807, 2.05) is 53.3 Å². The molecule has 2 heterocycles. The van der Waals surface area contributed by atoms with Gasteiger partial charge < -0.3 is 10.0 Å². The zero-order valence-corrected chi connectivity index (χ0v) is 27.7. The van der Waals surface area contributed by atoms with Crippen LogP contribution in [0.5, 0.6) is 0 Å². The van der Waals surface area contributed by atoms with Crippen LogP contribution in [-0.4, -0.2) is 26.1 Å². The number of aromatic nitrogens is 3. The molecule has 0 aliphatic rings. The van der Waals surface area contributed by atoms with Gasteiger partial charge in [0.1, 0.15) is 22.7 Å². The van der Waals surface area contributed by atoms with Gasteiger partial charge in [-0.05, 0) is 66.6 Å². The highest BCUT2D eigenvalue weighted by Gasteiger charge is 2.18. The lowest BCUT2D eigenvalue weighted by molar-refractivity contribution is -0.132. The number of carboxylic acids is 1. The van der Waals surface area contributed by atoms with E-state index in [9.17, 15) is 15.2 Å². The number of thiophene rings is 1. The molecule has 0 radical (unpaired) electrons. The Bertz CT molecular complexity index is 2020. The highest BCUT2D eigenvalue weighted by atomic mass is 32.1. The Morgan fingerprint density at radius 1 is 0.771 bits per heavy atom. The Kier molecular flexibility index (Phi) is 10.4. The number of nitriles is 1. The molecule has 0 aliphatic carbocycles. The fourth-order valence-corrected chi connectivity index (χ4v) is 6.83. The number of anilines is 3. The summed E-state index contributed by atoms with van der Waals surface area (Å²) in [7, 11) is 0. The predicted octanol–water partition coefficient (Wildman–Crippen LogP) is 10.6. The minimum Gasteiger partial charge on any atom is -0.477 e. The third-order valence-corrected chi connectivity index (χ3v) is 9.35. The maximum Gasteiger partial charge on any atom is 0.346 e. The number of carboxylic acid groups (broad SMARTS) is 1. The van der Waals surface area contributed by atoms with Crippen LogP contribution in [0, 0.1) is 11.3 Å². The van der Waals surface area contributed by atoms with Crippen LogP contribution >= 0.6 is 11.3 Å². The molecule has 2 aromatic heterocycles. The van der Waals surface area contributed by atoms with E-state index in [0.717, 1.165) is 69.0 Å². The highest BCUT2D eigenvalue weighted by Crippen LogP contribution is 2.39. The van der Waals surface area contributed by atoms with Crippen LogP contribution in [0.1, 0.15) is 50.3 Å². The van der Waals surface area contributed by atoms with Crippen LogP contribution < -0.4 is 4.90 Å². The molecule has 6 rings (SSSR count). The molecule has 0 saturated carbocycles. The van der Waals surface area contributed by atoms with Crippen molar-refractivity contribution in [1.82, 2.24) is 15.0 Å². The van der Waals surface area contributed by atoms with Gasteiger partial charge in [0.05, 0.1) is 6.54 Å². The second-order valence-electron chi connectivity index (χ2n) is 11.7. The van der Waals surface area contributed by atoms with Crippen molar-refractivity contribution in [3.63, 3.8) is 0 Å². The summed E-state index contributed by atoms with van der Waals surface area (Å²) >= 11 is 1.43. The van der Waals surface area contributed by atoms with Gasteiger partial charge in [0.25, 0.3) is 0 Å². The zero-order valence-electron chi connectivity index (χ0n) is 26.9. The molecule has 0 amide bonds. The van der Waals surface area contributed by atoms with Gasteiger partial charge in [-0.3, -0.25) is 0 Å². The number of benzene rings is 4. The van der Waals surface area contributed by atoms with E-state index in [2.05, 4.69) is 72.5 Å². The third kappa shape index (κ3) is 7.38. The van der Waals surface area contributed by atoms with Gasteiger partial charge in [0.15, 0.2) is 0 Å². The molecule has 48 heavy (non-hydrogen) atoms. The number of fused-ring (bicyclic) bond motifs is 1. The molecule has 0 saturated heterocycles. The van der Waals surface area contributed by atoms with E-state index in [-0.39, 0.29) is 5.57 Å². The number of unbranched alkanes of at least 4 members (excludes halogenated alkanes) is 5. The number of hydrogen-bond acceptors (Lipinski definition) is 6. The molecule has 240 valence electrons. The monoisotopic (exact) mass is 651 g/mol. The summed E-state index contributed by atoms with van der Waals surface area (Å²) in [5.74, 6) is -1.24. The Balaban J connectivity index is 1.36. The van der Waals surface area contributed by atoms with Gasteiger partial charge in [0, 0.05) is 37.9 Å². The summed E-state index contributed by atoms with van der Waals surface area (Å²) < 4.78 is 0. The van der Waals surface area contributed by atoms with Gasteiger partial charge in [-0.15, -0.1) is 11.3 Å². The molecule has 7 nitrogen and oxygen atoms in total. The fourth-order valence-electron chi connectivity index (χ4n) is 5.85. The van der Waals surface area contributed by atoms with Crippen LogP contribution in [0.25, 0.3) is 38.7 Å². The number of aryl methyl sites for hydroxylation is 1. The minimum atomic E-state index is -1.24. The summed E-state index contributed by atoms with van der Waals surface area (Å²) in [4.78, 5) is 17.1. The zero-order chi connectivity index (χ0) is 33.3. The van der Waals surface area contributed by atoms with Crippen LogP contribution in [0.2, 0.25) is 0 Å². The Morgan fingerprint density at radius 3 is 1.98 bits per heavy atom. The maximum absolute atomic E-state index is 11.4. The van der Waals surface area contributed by atoms with Gasteiger partial charge in [-0.25, -0.2) is 4.79 Å². The van der Waals surface area contributed by atoms with Crippen molar-refractivity contribution in [2.45, 2.75) is 52.0 Å². The van der Waals surface area contributed by atoms with Crippen LogP contribution in [0.3, 0.4) is 0 Å². The van der Waals surface area contributed by atoms with Crippen molar-refractivity contribution >= 4 is 51.5 Å². The number of aliphatic carboxylic acids is 1. The molecule has 0 aliphatic heterocycles. The summed E-state index contributed by atoms with van der Waals surface area (Å²) in [6.45, 7) is 2.97. The quantitative estimate of drug-likeness (QED) is 0.0715. The lowest BCUT2D eigenvalue weighted by atomic mass is 10.0. The molecule has 8 heteroatoms. The van der Waals surface area contributed by atoms with Crippen molar-refractivity contribution in [2.75, 3.05) is 4.90 Å². The molecule has 0 unspecified atom stereocenters. The molecule has 1 N–H and O–H groups in total.